The van der Waals surface area contributed by atoms with Gasteiger partial charge in [-0.25, -0.2) is 9.78 Å². The van der Waals surface area contributed by atoms with Crippen LogP contribution in [0.2, 0.25) is 5.02 Å². The fourth-order valence-electron chi connectivity index (χ4n) is 1.89. The third-order valence-electron chi connectivity index (χ3n) is 3.07. The number of ether oxygens (including phenoxy) is 1. The quantitative estimate of drug-likeness (QED) is 0.757. The highest BCUT2D eigenvalue weighted by atomic mass is 35.5. The molecule has 1 aliphatic rings. The predicted molar refractivity (Wildman–Crippen MR) is 70.3 cm³/mol. The van der Waals surface area contributed by atoms with Crippen LogP contribution in [0, 0.1) is 0 Å². The molecule has 0 amide bonds. The summed E-state index contributed by atoms with van der Waals surface area (Å²) in [6, 6.07) is 1.72. The highest BCUT2D eigenvalue weighted by Crippen LogP contribution is 2.22. The maximum Gasteiger partial charge on any atom is 0.340 e. The number of piperazine rings is 1. The number of likely N-dealkylation sites (N-methyl/N-ethyl adjacent to an activating group) is 1. The van der Waals surface area contributed by atoms with Gasteiger partial charge < -0.3 is 14.5 Å². The van der Waals surface area contributed by atoms with E-state index < -0.39 is 5.97 Å². The van der Waals surface area contributed by atoms with Crippen molar-refractivity contribution in [3.8, 4) is 0 Å². The van der Waals surface area contributed by atoms with Gasteiger partial charge in [0.1, 0.15) is 5.82 Å². The smallest absolute Gasteiger partial charge is 0.340 e. The Morgan fingerprint density at radius 2 is 2.06 bits per heavy atom. The lowest BCUT2D eigenvalue weighted by atomic mass is 10.2. The van der Waals surface area contributed by atoms with Crippen molar-refractivity contribution in [3.05, 3.63) is 22.8 Å². The van der Waals surface area contributed by atoms with Crippen molar-refractivity contribution in [1.82, 2.24) is 9.88 Å². The van der Waals surface area contributed by atoms with E-state index in [-0.39, 0.29) is 0 Å². The van der Waals surface area contributed by atoms with Gasteiger partial charge in [-0.2, -0.15) is 0 Å². The van der Waals surface area contributed by atoms with Crippen molar-refractivity contribution in [2.45, 2.75) is 0 Å². The fraction of sp³-hybridized carbons (Fsp3) is 0.500. The Balaban J connectivity index is 2.16. The second-order valence-corrected chi connectivity index (χ2v) is 4.71. The summed E-state index contributed by atoms with van der Waals surface area (Å²) in [6.07, 6.45) is 1.47. The fourth-order valence-corrected chi connectivity index (χ4v) is 2.11. The molecular weight excluding hydrogens is 254 g/mol. The lowest BCUT2D eigenvalue weighted by Gasteiger charge is -2.33. The van der Waals surface area contributed by atoms with Gasteiger partial charge in [-0.05, 0) is 7.05 Å². The van der Waals surface area contributed by atoms with Gasteiger partial charge in [0.05, 0.1) is 17.7 Å². The van der Waals surface area contributed by atoms with E-state index in [9.17, 15) is 4.79 Å². The van der Waals surface area contributed by atoms with Gasteiger partial charge in [-0.1, -0.05) is 11.6 Å². The lowest BCUT2D eigenvalue weighted by Crippen LogP contribution is -2.44. The van der Waals surface area contributed by atoms with Crippen LogP contribution in [0.5, 0.6) is 0 Å². The molecule has 0 bridgehead atoms. The summed E-state index contributed by atoms with van der Waals surface area (Å²) in [4.78, 5) is 20.1. The summed E-state index contributed by atoms with van der Waals surface area (Å²) < 4.78 is 4.63. The Kier molecular flexibility index (Phi) is 4.04. The van der Waals surface area contributed by atoms with Gasteiger partial charge in [0.2, 0.25) is 0 Å². The van der Waals surface area contributed by atoms with Crippen LogP contribution in [0.4, 0.5) is 5.82 Å². The number of anilines is 1. The van der Waals surface area contributed by atoms with E-state index in [0.717, 1.165) is 32.0 Å². The molecule has 98 valence electrons. The number of esters is 1. The minimum absolute atomic E-state index is 0.303. The van der Waals surface area contributed by atoms with Crippen molar-refractivity contribution in [1.29, 1.82) is 0 Å². The molecule has 0 radical (unpaired) electrons. The summed E-state index contributed by atoms with van der Waals surface area (Å²) in [6.45, 7) is 3.82. The molecule has 2 heterocycles. The first-order chi connectivity index (χ1) is 8.61. The molecule has 0 saturated carbocycles. The second-order valence-electron chi connectivity index (χ2n) is 4.30. The Hall–Kier alpha value is -1.33. The van der Waals surface area contributed by atoms with Crippen molar-refractivity contribution < 1.29 is 9.53 Å². The number of nitrogens with zero attached hydrogens (tertiary/aromatic N) is 3. The number of methoxy groups -OCH3 is 1. The molecule has 0 aliphatic carbocycles. The molecule has 18 heavy (non-hydrogen) atoms. The average molecular weight is 270 g/mol. The monoisotopic (exact) mass is 269 g/mol. The van der Waals surface area contributed by atoms with Crippen LogP contribution < -0.4 is 4.90 Å². The average Bonchev–Trinajstić information content (AvgIpc) is 2.38. The van der Waals surface area contributed by atoms with Gasteiger partial charge in [0.15, 0.2) is 0 Å². The van der Waals surface area contributed by atoms with Crippen LogP contribution in [0.3, 0.4) is 0 Å². The SMILES string of the molecule is COC(=O)c1cnc(N2CCN(C)CC2)cc1Cl. The van der Waals surface area contributed by atoms with E-state index in [0.29, 0.717) is 10.6 Å². The summed E-state index contributed by atoms with van der Waals surface area (Å²) in [5, 5.41) is 0.380. The van der Waals surface area contributed by atoms with Crippen LogP contribution in [-0.4, -0.2) is 56.2 Å². The standard InChI is InChI=1S/C12H16ClN3O2/c1-15-3-5-16(6-4-15)11-7-10(13)9(8-14-11)12(17)18-2/h7-8H,3-6H2,1-2H3. The van der Waals surface area contributed by atoms with Gasteiger partial charge in [0, 0.05) is 38.4 Å². The topological polar surface area (TPSA) is 45.7 Å². The maximum atomic E-state index is 11.4. The first-order valence-electron chi connectivity index (χ1n) is 5.79. The Bertz CT molecular complexity index is 445. The minimum atomic E-state index is -0.461. The van der Waals surface area contributed by atoms with E-state index in [1.165, 1.54) is 13.3 Å². The summed E-state index contributed by atoms with van der Waals surface area (Å²) >= 11 is 6.07. The van der Waals surface area contributed by atoms with Crippen molar-refractivity contribution in [2.75, 3.05) is 45.2 Å². The van der Waals surface area contributed by atoms with Crippen LogP contribution in [0.1, 0.15) is 10.4 Å². The van der Waals surface area contributed by atoms with Crippen LogP contribution in [0.25, 0.3) is 0 Å². The molecule has 1 aliphatic heterocycles. The predicted octanol–water partition coefficient (Wildman–Crippen LogP) is 1.27. The zero-order valence-electron chi connectivity index (χ0n) is 10.5. The first kappa shape index (κ1) is 13.1. The zero-order valence-corrected chi connectivity index (χ0v) is 11.3. The second kappa shape index (κ2) is 5.54. The van der Waals surface area contributed by atoms with E-state index in [1.54, 1.807) is 6.07 Å². The molecule has 1 aromatic rings. The van der Waals surface area contributed by atoms with Gasteiger partial charge in [0.25, 0.3) is 0 Å². The molecule has 0 N–H and O–H groups in total. The summed E-state index contributed by atoms with van der Waals surface area (Å²) in [7, 11) is 3.42. The highest BCUT2D eigenvalue weighted by Gasteiger charge is 2.18. The normalized spacial score (nSPS) is 16.7. The first-order valence-corrected chi connectivity index (χ1v) is 6.17. The van der Waals surface area contributed by atoms with Crippen molar-refractivity contribution in [2.24, 2.45) is 0 Å². The maximum absolute atomic E-state index is 11.4. The third kappa shape index (κ3) is 2.73. The number of hydrogen-bond donors (Lipinski definition) is 0. The largest absolute Gasteiger partial charge is 0.465 e. The molecule has 1 saturated heterocycles. The molecule has 0 spiro atoms. The van der Waals surface area contributed by atoms with E-state index in [2.05, 4.69) is 26.6 Å². The molecule has 5 nitrogen and oxygen atoms in total. The molecule has 1 aromatic heterocycles. The molecule has 6 heteroatoms. The summed E-state index contributed by atoms with van der Waals surface area (Å²) in [5.41, 5.74) is 0.303. The van der Waals surface area contributed by atoms with Crippen molar-refractivity contribution in [3.63, 3.8) is 0 Å². The Morgan fingerprint density at radius 1 is 1.39 bits per heavy atom. The van der Waals surface area contributed by atoms with Crippen LogP contribution in [-0.2, 0) is 4.74 Å². The zero-order chi connectivity index (χ0) is 13.1. The highest BCUT2D eigenvalue weighted by molar-refractivity contribution is 6.33. The number of aromatic nitrogens is 1. The molecular formula is C12H16ClN3O2. The van der Waals surface area contributed by atoms with Gasteiger partial charge in [-0.15, -0.1) is 0 Å². The Morgan fingerprint density at radius 3 is 2.61 bits per heavy atom. The Labute approximate surface area is 111 Å². The van der Waals surface area contributed by atoms with E-state index >= 15 is 0 Å². The van der Waals surface area contributed by atoms with Crippen LogP contribution in [0.15, 0.2) is 12.3 Å². The summed E-state index contributed by atoms with van der Waals surface area (Å²) in [5.74, 6) is 0.346. The van der Waals surface area contributed by atoms with Crippen LogP contribution >= 0.6 is 11.6 Å². The van der Waals surface area contributed by atoms with Crippen molar-refractivity contribution >= 4 is 23.4 Å². The van der Waals surface area contributed by atoms with Gasteiger partial charge in [-0.3, -0.25) is 0 Å². The molecule has 0 unspecified atom stereocenters. The number of carbonyl (C=O) groups excluding carboxylic acids is 1. The number of carbonyl (C=O) groups is 1. The third-order valence-corrected chi connectivity index (χ3v) is 3.38. The number of rotatable bonds is 2. The molecule has 1 fully saturated rings. The van der Waals surface area contributed by atoms with Gasteiger partial charge >= 0.3 is 5.97 Å². The molecule has 0 atom stereocenters. The molecule has 0 aromatic carbocycles. The number of hydrogen-bond acceptors (Lipinski definition) is 5. The van der Waals surface area contributed by atoms with E-state index in [1.807, 2.05) is 0 Å². The number of pyridine rings is 1. The minimum Gasteiger partial charge on any atom is -0.465 e. The number of halogens is 1. The van der Waals surface area contributed by atoms with E-state index in [4.69, 9.17) is 11.6 Å². The molecule has 2 rings (SSSR count). The lowest BCUT2D eigenvalue weighted by molar-refractivity contribution is 0.0600.